The average Bonchev–Trinajstić information content (AvgIpc) is 2.49. The molecule has 1 aliphatic heterocycles. The van der Waals surface area contributed by atoms with Gasteiger partial charge in [0.15, 0.2) is 5.79 Å². The third-order valence-electron chi connectivity index (χ3n) is 2.14. The van der Waals surface area contributed by atoms with Crippen molar-refractivity contribution >= 4 is 0 Å². The van der Waals surface area contributed by atoms with Crippen LogP contribution in [-0.4, -0.2) is 29.7 Å². The molecule has 2 fully saturated rings. The van der Waals surface area contributed by atoms with Crippen LogP contribution in [0.5, 0.6) is 0 Å². The molecule has 2 bridgehead atoms. The Labute approximate surface area is 60.6 Å². The van der Waals surface area contributed by atoms with Crippen LogP contribution in [0.15, 0.2) is 0 Å². The van der Waals surface area contributed by atoms with Crippen LogP contribution in [0.2, 0.25) is 0 Å². The minimum atomic E-state index is -0.690. The van der Waals surface area contributed by atoms with Crippen LogP contribution >= 0.6 is 0 Å². The van der Waals surface area contributed by atoms with Gasteiger partial charge >= 0.3 is 0 Å². The van der Waals surface area contributed by atoms with Crippen molar-refractivity contribution in [2.45, 2.75) is 25.0 Å². The van der Waals surface area contributed by atoms with Crippen molar-refractivity contribution in [1.29, 1.82) is 0 Å². The smallest absolute Gasteiger partial charge is 0.165 e. The van der Waals surface area contributed by atoms with Crippen LogP contribution in [-0.2, 0) is 4.74 Å². The van der Waals surface area contributed by atoms with E-state index in [-0.39, 0.29) is 0 Å². The van der Waals surface area contributed by atoms with E-state index in [9.17, 15) is 5.11 Å². The highest BCUT2D eigenvalue weighted by atomic mass is 16.6. The van der Waals surface area contributed by atoms with Crippen molar-refractivity contribution in [2.75, 3.05) is 13.7 Å². The minimum absolute atomic E-state index is 0.667. The van der Waals surface area contributed by atoms with E-state index in [2.05, 4.69) is 0 Å². The summed E-state index contributed by atoms with van der Waals surface area (Å²) in [7, 11) is 1.00. The van der Waals surface area contributed by atoms with Crippen molar-refractivity contribution in [1.82, 2.24) is 0 Å². The fraction of sp³-hybridized carbons (Fsp3) is 1.00. The van der Waals surface area contributed by atoms with Gasteiger partial charge in [0.2, 0.25) is 0 Å². The highest BCUT2D eigenvalue weighted by Crippen LogP contribution is 2.41. The van der Waals surface area contributed by atoms with Gasteiger partial charge in [-0.25, -0.2) is 0 Å². The third kappa shape index (κ3) is 1.31. The molecule has 0 spiro atoms. The van der Waals surface area contributed by atoms with Crippen molar-refractivity contribution in [3.63, 3.8) is 0 Å². The maximum Gasteiger partial charge on any atom is 0.165 e. The third-order valence-corrected chi connectivity index (χ3v) is 2.14. The summed E-state index contributed by atoms with van der Waals surface area (Å²) in [6.07, 6.45) is 2.90. The van der Waals surface area contributed by atoms with Gasteiger partial charge in [-0.15, -0.1) is 0 Å². The lowest BCUT2D eigenvalue weighted by Gasteiger charge is -2.18. The van der Waals surface area contributed by atoms with Crippen molar-refractivity contribution in [3.8, 4) is 0 Å². The Hall–Kier alpha value is -0.120. The van der Waals surface area contributed by atoms with Gasteiger partial charge in [-0.05, 0) is 12.3 Å². The molecular formula is C7H14O3. The summed E-state index contributed by atoms with van der Waals surface area (Å²) in [6, 6.07) is 0. The van der Waals surface area contributed by atoms with Crippen molar-refractivity contribution in [2.24, 2.45) is 5.92 Å². The molecule has 1 saturated carbocycles. The number of aliphatic hydroxyl groups is 2. The van der Waals surface area contributed by atoms with E-state index in [1.54, 1.807) is 0 Å². The standard InChI is InChI=1S/C6H10O2.CH4O/c7-6-2-1-5(3-6)4-8-6;1-2/h5,7H,1-4H2;2H,1H3. The van der Waals surface area contributed by atoms with Crippen LogP contribution < -0.4 is 0 Å². The predicted molar refractivity (Wildman–Crippen MR) is 36.4 cm³/mol. The van der Waals surface area contributed by atoms with Crippen LogP contribution in [0.25, 0.3) is 0 Å². The molecule has 1 aliphatic carbocycles. The zero-order chi connectivity index (χ0) is 7.61. The molecule has 0 aromatic rings. The normalized spacial score (nSPS) is 42.9. The number of fused-ring (bicyclic) bond motifs is 2. The van der Waals surface area contributed by atoms with Gasteiger partial charge in [-0.1, -0.05) is 0 Å². The molecule has 1 heterocycles. The number of hydrogen-bond donors (Lipinski definition) is 2. The van der Waals surface area contributed by atoms with Gasteiger partial charge in [-0.3, -0.25) is 0 Å². The summed E-state index contributed by atoms with van der Waals surface area (Å²) in [5, 5.41) is 16.3. The highest BCUT2D eigenvalue weighted by molar-refractivity contribution is 4.87. The first-order chi connectivity index (χ1) is 4.79. The SMILES string of the molecule is CO.OC12CCC(CO1)C2. The van der Waals surface area contributed by atoms with E-state index >= 15 is 0 Å². The van der Waals surface area contributed by atoms with E-state index in [1.165, 1.54) is 0 Å². The molecule has 2 aliphatic rings. The summed E-state index contributed by atoms with van der Waals surface area (Å²) in [5.74, 6) is -0.0231. The Bertz CT molecular complexity index is 105. The summed E-state index contributed by atoms with van der Waals surface area (Å²) < 4.78 is 5.09. The number of hydrogen-bond acceptors (Lipinski definition) is 3. The second kappa shape index (κ2) is 2.86. The molecule has 0 aromatic carbocycles. The molecule has 10 heavy (non-hydrogen) atoms. The van der Waals surface area contributed by atoms with Crippen LogP contribution in [0.1, 0.15) is 19.3 Å². The zero-order valence-electron chi connectivity index (χ0n) is 6.21. The molecule has 2 atom stereocenters. The Morgan fingerprint density at radius 2 is 2.20 bits per heavy atom. The Morgan fingerprint density at radius 3 is 2.30 bits per heavy atom. The van der Waals surface area contributed by atoms with E-state index < -0.39 is 5.79 Å². The molecular weight excluding hydrogens is 132 g/mol. The van der Waals surface area contributed by atoms with Crippen LogP contribution in [0, 0.1) is 5.92 Å². The van der Waals surface area contributed by atoms with Gasteiger partial charge in [0.1, 0.15) is 0 Å². The first-order valence-electron chi connectivity index (χ1n) is 3.60. The fourth-order valence-electron chi connectivity index (χ4n) is 1.63. The van der Waals surface area contributed by atoms with Gasteiger partial charge < -0.3 is 14.9 Å². The lowest BCUT2D eigenvalue weighted by Crippen LogP contribution is -2.24. The van der Waals surface area contributed by atoms with E-state index in [0.29, 0.717) is 5.92 Å². The molecule has 2 unspecified atom stereocenters. The maximum atomic E-state index is 9.32. The van der Waals surface area contributed by atoms with Crippen molar-refractivity contribution in [3.05, 3.63) is 0 Å². The first kappa shape index (κ1) is 7.98. The summed E-state index contributed by atoms with van der Waals surface area (Å²) in [6.45, 7) is 0.788. The monoisotopic (exact) mass is 146 g/mol. The Morgan fingerprint density at radius 1 is 1.50 bits per heavy atom. The molecule has 3 nitrogen and oxygen atoms in total. The van der Waals surface area contributed by atoms with Crippen LogP contribution in [0.4, 0.5) is 0 Å². The molecule has 3 heteroatoms. The largest absolute Gasteiger partial charge is 0.400 e. The zero-order valence-corrected chi connectivity index (χ0v) is 6.21. The Kier molecular flexibility index (Phi) is 2.28. The van der Waals surface area contributed by atoms with E-state index in [0.717, 1.165) is 33.0 Å². The molecule has 0 radical (unpaired) electrons. The molecule has 1 saturated heterocycles. The van der Waals surface area contributed by atoms with Gasteiger partial charge in [-0.2, -0.15) is 0 Å². The topological polar surface area (TPSA) is 49.7 Å². The summed E-state index contributed by atoms with van der Waals surface area (Å²) >= 11 is 0. The molecule has 60 valence electrons. The van der Waals surface area contributed by atoms with E-state index in [4.69, 9.17) is 9.84 Å². The quantitative estimate of drug-likeness (QED) is 0.510. The minimum Gasteiger partial charge on any atom is -0.400 e. The lowest BCUT2D eigenvalue weighted by molar-refractivity contribution is -0.176. The molecule has 0 amide bonds. The second-order valence-electron chi connectivity index (χ2n) is 2.87. The second-order valence-corrected chi connectivity index (χ2v) is 2.87. The fourth-order valence-corrected chi connectivity index (χ4v) is 1.63. The molecule has 2 N–H and O–H groups in total. The average molecular weight is 146 g/mol. The van der Waals surface area contributed by atoms with Crippen LogP contribution in [0.3, 0.4) is 0 Å². The number of ether oxygens (including phenoxy) is 1. The number of rotatable bonds is 0. The van der Waals surface area contributed by atoms with Gasteiger partial charge in [0.25, 0.3) is 0 Å². The highest BCUT2D eigenvalue weighted by Gasteiger charge is 2.44. The van der Waals surface area contributed by atoms with Crippen molar-refractivity contribution < 1.29 is 14.9 Å². The molecule has 0 aromatic heterocycles. The summed E-state index contributed by atoms with van der Waals surface area (Å²) in [5.41, 5.74) is 0. The maximum absolute atomic E-state index is 9.32. The number of aliphatic hydroxyl groups excluding tert-OH is 1. The summed E-state index contributed by atoms with van der Waals surface area (Å²) in [4.78, 5) is 0. The van der Waals surface area contributed by atoms with E-state index in [1.807, 2.05) is 0 Å². The lowest BCUT2D eigenvalue weighted by atomic mass is 10.1. The Balaban J connectivity index is 0.000000231. The molecule has 2 rings (SSSR count). The van der Waals surface area contributed by atoms with Gasteiger partial charge in [0.05, 0.1) is 6.61 Å². The predicted octanol–water partition coefficient (Wildman–Crippen LogP) is 0.114. The van der Waals surface area contributed by atoms with Gasteiger partial charge in [0, 0.05) is 20.0 Å². The first-order valence-corrected chi connectivity index (χ1v) is 3.60.